The molecule has 2 amide bonds. The van der Waals surface area contributed by atoms with Crippen molar-refractivity contribution >= 4 is 29.1 Å². The Morgan fingerprint density at radius 2 is 1.96 bits per heavy atom. The van der Waals surface area contributed by atoms with Crippen LogP contribution >= 0.6 is 11.6 Å². The van der Waals surface area contributed by atoms with E-state index in [1.54, 1.807) is 29.2 Å². The van der Waals surface area contributed by atoms with Crippen LogP contribution in [-0.2, 0) is 15.0 Å². The Morgan fingerprint density at radius 3 is 2.76 bits per heavy atom. The zero-order valence-electron chi connectivity index (χ0n) is 13.5. The highest BCUT2D eigenvalue weighted by atomic mass is 35.5. The maximum Gasteiger partial charge on any atom is 0.260 e. The van der Waals surface area contributed by atoms with E-state index in [-0.39, 0.29) is 18.4 Å². The van der Waals surface area contributed by atoms with Crippen LogP contribution in [0.3, 0.4) is 0 Å². The highest BCUT2D eigenvalue weighted by Gasteiger charge is 2.51. The largest absolute Gasteiger partial charge is 0.484 e. The first kappa shape index (κ1) is 16.0. The predicted molar refractivity (Wildman–Crippen MR) is 94.9 cm³/mol. The number of fused-ring (bicyclic) bond motifs is 2. The second-order valence-electron chi connectivity index (χ2n) is 6.39. The maximum atomic E-state index is 12.5. The number of hydrogen-bond donors (Lipinski definition) is 1. The minimum absolute atomic E-state index is 0.0254. The third-order valence-electron chi connectivity index (χ3n) is 4.92. The van der Waals surface area contributed by atoms with E-state index in [0.29, 0.717) is 30.3 Å². The van der Waals surface area contributed by atoms with E-state index in [9.17, 15) is 9.59 Å². The number of hydrogen-bond acceptors (Lipinski definition) is 3. The molecule has 1 unspecified atom stereocenters. The molecule has 1 atom stereocenters. The van der Waals surface area contributed by atoms with Crippen molar-refractivity contribution in [1.29, 1.82) is 0 Å². The van der Waals surface area contributed by atoms with E-state index < -0.39 is 5.41 Å². The van der Waals surface area contributed by atoms with Crippen LogP contribution in [0.4, 0.5) is 5.69 Å². The molecule has 2 heterocycles. The molecule has 2 aliphatic heterocycles. The lowest BCUT2D eigenvalue weighted by Gasteiger charge is -2.22. The maximum absolute atomic E-state index is 12.5. The summed E-state index contributed by atoms with van der Waals surface area (Å²) in [4.78, 5) is 26.7. The fraction of sp³-hybridized carbons (Fsp3) is 0.263. The Morgan fingerprint density at radius 1 is 1.20 bits per heavy atom. The second-order valence-corrected chi connectivity index (χ2v) is 6.83. The molecule has 4 rings (SSSR count). The molecular formula is C19H17ClN2O3. The molecule has 5 nitrogen and oxygen atoms in total. The third kappa shape index (κ3) is 2.74. The van der Waals surface area contributed by atoms with Gasteiger partial charge in [-0.1, -0.05) is 29.8 Å². The lowest BCUT2D eigenvalue weighted by Crippen LogP contribution is -2.40. The summed E-state index contributed by atoms with van der Waals surface area (Å²) in [6, 6.07) is 14.6. The van der Waals surface area contributed by atoms with E-state index in [4.69, 9.17) is 16.3 Å². The quantitative estimate of drug-likeness (QED) is 0.920. The highest BCUT2D eigenvalue weighted by Crippen LogP contribution is 2.43. The van der Waals surface area contributed by atoms with E-state index >= 15 is 0 Å². The molecule has 0 aliphatic carbocycles. The topological polar surface area (TPSA) is 58.6 Å². The molecule has 6 heteroatoms. The molecule has 128 valence electrons. The van der Waals surface area contributed by atoms with Gasteiger partial charge in [-0.05, 0) is 42.3 Å². The van der Waals surface area contributed by atoms with Gasteiger partial charge in [0.1, 0.15) is 5.75 Å². The number of nitrogens with zero attached hydrogens (tertiary/aromatic N) is 1. The molecule has 1 spiro atoms. The number of benzene rings is 2. The Hall–Kier alpha value is -2.53. The molecule has 2 aliphatic rings. The Labute approximate surface area is 150 Å². The zero-order chi connectivity index (χ0) is 17.4. The molecule has 2 aromatic carbocycles. The molecular weight excluding hydrogens is 340 g/mol. The minimum Gasteiger partial charge on any atom is -0.484 e. The summed E-state index contributed by atoms with van der Waals surface area (Å²) in [5.41, 5.74) is 1.19. The number of rotatable bonds is 3. The highest BCUT2D eigenvalue weighted by molar-refractivity contribution is 6.30. The van der Waals surface area contributed by atoms with Crippen molar-refractivity contribution in [3.05, 3.63) is 59.1 Å². The van der Waals surface area contributed by atoms with Crippen molar-refractivity contribution in [2.45, 2.75) is 11.8 Å². The summed E-state index contributed by atoms with van der Waals surface area (Å²) >= 11 is 5.83. The van der Waals surface area contributed by atoms with Gasteiger partial charge >= 0.3 is 0 Å². The molecule has 0 saturated carbocycles. The van der Waals surface area contributed by atoms with Crippen molar-refractivity contribution in [2.24, 2.45) is 0 Å². The first-order valence-electron chi connectivity index (χ1n) is 8.16. The van der Waals surface area contributed by atoms with Gasteiger partial charge in [0.05, 0.1) is 5.41 Å². The van der Waals surface area contributed by atoms with Gasteiger partial charge in [-0.3, -0.25) is 9.59 Å². The third-order valence-corrected chi connectivity index (χ3v) is 5.18. The van der Waals surface area contributed by atoms with Gasteiger partial charge in [-0.2, -0.15) is 0 Å². The lowest BCUT2D eigenvalue weighted by molar-refractivity contribution is -0.132. The summed E-state index contributed by atoms with van der Waals surface area (Å²) in [5, 5.41) is 3.55. The van der Waals surface area contributed by atoms with Crippen LogP contribution in [0, 0.1) is 0 Å². The average Bonchev–Trinajstić information content (AvgIpc) is 3.18. The summed E-state index contributed by atoms with van der Waals surface area (Å²) in [6.45, 7) is 0.879. The van der Waals surface area contributed by atoms with Crippen molar-refractivity contribution in [3.8, 4) is 5.75 Å². The number of para-hydroxylation sites is 1. The molecule has 0 radical (unpaired) electrons. The SMILES string of the molecule is O=C(COc1ccc(Cl)cc1)N1CCC2(C1)C(=O)Nc1ccccc12. The minimum atomic E-state index is -0.632. The summed E-state index contributed by atoms with van der Waals surface area (Å²) in [7, 11) is 0. The van der Waals surface area contributed by atoms with E-state index in [1.165, 1.54) is 0 Å². The molecule has 25 heavy (non-hydrogen) atoms. The van der Waals surface area contributed by atoms with Crippen molar-refractivity contribution in [3.63, 3.8) is 0 Å². The zero-order valence-corrected chi connectivity index (χ0v) is 14.3. The number of nitrogens with one attached hydrogen (secondary N) is 1. The second kappa shape index (κ2) is 6.08. The Bertz CT molecular complexity index is 837. The van der Waals surface area contributed by atoms with E-state index in [2.05, 4.69) is 5.32 Å². The van der Waals surface area contributed by atoms with Gasteiger partial charge in [0.2, 0.25) is 5.91 Å². The van der Waals surface area contributed by atoms with Crippen LogP contribution in [0.5, 0.6) is 5.75 Å². The summed E-state index contributed by atoms with van der Waals surface area (Å²) in [5.74, 6) is 0.447. The first-order chi connectivity index (χ1) is 12.1. The van der Waals surface area contributed by atoms with Crippen LogP contribution in [0.2, 0.25) is 5.02 Å². The number of carbonyl (C=O) groups excluding carboxylic acids is 2. The summed E-state index contributed by atoms with van der Waals surface area (Å²) < 4.78 is 5.53. The van der Waals surface area contributed by atoms with Crippen LogP contribution in [0.1, 0.15) is 12.0 Å². The monoisotopic (exact) mass is 356 g/mol. The van der Waals surface area contributed by atoms with E-state index in [1.807, 2.05) is 24.3 Å². The van der Waals surface area contributed by atoms with Gasteiger partial charge in [-0.15, -0.1) is 0 Å². The fourth-order valence-corrected chi connectivity index (χ4v) is 3.69. The standard InChI is InChI=1S/C19H17ClN2O3/c20-13-5-7-14(8-6-13)25-11-17(23)22-10-9-19(12-22)15-3-1-2-4-16(15)21-18(19)24/h1-8H,9-12H2,(H,21,24). The molecule has 1 N–H and O–H groups in total. The van der Waals surface area contributed by atoms with Gasteiger partial charge in [0, 0.05) is 23.8 Å². The van der Waals surface area contributed by atoms with Crippen molar-refractivity contribution < 1.29 is 14.3 Å². The summed E-state index contributed by atoms with van der Waals surface area (Å²) in [6.07, 6.45) is 0.628. The van der Waals surface area contributed by atoms with Gasteiger partial charge in [-0.25, -0.2) is 0 Å². The van der Waals surface area contributed by atoms with Gasteiger partial charge in [0.25, 0.3) is 5.91 Å². The lowest BCUT2D eigenvalue weighted by atomic mass is 9.81. The van der Waals surface area contributed by atoms with E-state index in [0.717, 1.165) is 11.3 Å². The van der Waals surface area contributed by atoms with Crippen LogP contribution in [0.25, 0.3) is 0 Å². The smallest absolute Gasteiger partial charge is 0.260 e. The molecule has 2 aromatic rings. The Kier molecular flexibility index (Phi) is 3.88. The van der Waals surface area contributed by atoms with Crippen LogP contribution in [-0.4, -0.2) is 36.4 Å². The number of halogens is 1. The molecule has 1 fully saturated rings. The Balaban J connectivity index is 1.44. The average molecular weight is 357 g/mol. The van der Waals surface area contributed by atoms with Gasteiger partial charge in [0.15, 0.2) is 6.61 Å². The number of carbonyl (C=O) groups is 2. The molecule has 0 aromatic heterocycles. The molecule has 1 saturated heterocycles. The van der Waals surface area contributed by atoms with Crippen LogP contribution in [0.15, 0.2) is 48.5 Å². The number of anilines is 1. The number of amides is 2. The first-order valence-corrected chi connectivity index (χ1v) is 8.53. The molecule has 0 bridgehead atoms. The van der Waals surface area contributed by atoms with Crippen LogP contribution < -0.4 is 10.1 Å². The normalized spacial score (nSPS) is 21.3. The van der Waals surface area contributed by atoms with Crippen molar-refractivity contribution in [1.82, 2.24) is 4.90 Å². The van der Waals surface area contributed by atoms with Crippen molar-refractivity contribution in [2.75, 3.05) is 25.0 Å². The fourth-order valence-electron chi connectivity index (χ4n) is 3.57. The van der Waals surface area contributed by atoms with Gasteiger partial charge < -0.3 is 15.0 Å². The predicted octanol–water partition coefficient (Wildman–Crippen LogP) is 2.84. The number of ether oxygens (including phenoxy) is 1. The number of likely N-dealkylation sites (tertiary alicyclic amines) is 1.